The molecule has 0 aliphatic heterocycles. The Morgan fingerprint density at radius 1 is 1.42 bits per heavy atom. The molecule has 4 nitrogen and oxygen atoms in total. The van der Waals surface area contributed by atoms with E-state index in [1.165, 1.54) is 0 Å². The van der Waals surface area contributed by atoms with Crippen LogP contribution in [-0.2, 0) is 13.0 Å². The Hall–Kier alpha value is -1.52. The summed E-state index contributed by atoms with van der Waals surface area (Å²) >= 11 is 6.02. The first kappa shape index (κ1) is 13.9. The highest BCUT2D eigenvalue weighted by molar-refractivity contribution is 6.30. The smallest absolute Gasteiger partial charge is 0.174 e. The standard InChI is InChI=1S/C14H17ClN2O2/c1-2-12(16)8-10-7-11(15)3-4-14(10)18-9-13-5-6-17-19-13/h3-7,12H,2,8-9,16H2,1H3. The largest absolute Gasteiger partial charge is 0.485 e. The maximum atomic E-state index is 6.02. The third-order valence-corrected chi connectivity index (χ3v) is 3.13. The lowest BCUT2D eigenvalue weighted by molar-refractivity contribution is 0.247. The molecule has 0 amide bonds. The van der Waals surface area contributed by atoms with Gasteiger partial charge in [0, 0.05) is 17.1 Å². The van der Waals surface area contributed by atoms with E-state index in [0.717, 1.165) is 24.2 Å². The quantitative estimate of drug-likeness (QED) is 0.883. The number of benzene rings is 1. The number of hydrogen-bond acceptors (Lipinski definition) is 4. The highest BCUT2D eigenvalue weighted by Gasteiger charge is 2.10. The lowest BCUT2D eigenvalue weighted by atomic mass is 10.0. The summed E-state index contributed by atoms with van der Waals surface area (Å²) < 4.78 is 10.7. The van der Waals surface area contributed by atoms with Crippen LogP contribution in [0.5, 0.6) is 5.75 Å². The summed E-state index contributed by atoms with van der Waals surface area (Å²) in [6.07, 6.45) is 3.24. The fourth-order valence-electron chi connectivity index (χ4n) is 1.74. The number of ether oxygens (including phenoxy) is 1. The predicted octanol–water partition coefficient (Wildman–Crippen LogP) is 3.19. The van der Waals surface area contributed by atoms with Gasteiger partial charge in [-0.15, -0.1) is 0 Å². The summed E-state index contributed by atoms with van der Waals surface area (Å²) in [6.45, 7) is 2.40. The molecule has 1 atom stereocenters. The van der Waals surface area contributed by atoms with Crippen molar-refractivity contribution >= 4 is 11.6 Å². The van der Waals surface area contributed by atoms with Gasteiger partial charge < -0.3 is 15.0 Å². The maximum Gasteiger partial charge on any atom is 0.174 e. The molecule has 0 aliphatic carbocycles. The van der Waals surface area contributed by atoms with Crippen molar-refractivity contribution in [1.29, 1.82) is 0 Å². The van der Waals surface area contributed by atoms with Crippen LogP contribution >= 0.6 is 11.6 Å². The molecule has 2 N–H and O–H groups in total. The maximum absolute atomic E-state index is 6.02. The Morgan fingerprint density at radius 3 is 2.95 bits per heavy atom. The minimum absolute atomic E-state index is 0.103. The summed E-state index contributed by atoms with van der Waals surface area (Å²) in [5, 5.41) is 4.32. The van der Waals surface area contributed by atoms with Gasteiger partial charge in [-0.05, 0) is 36.6 Å². The Labute approximate surface area is 117 Å². The lowest BCUT2D eigenvalue weighted by Gasteiger charge is -2.14. The van der Waals surface area contributed by atoms with Gasteiger partial charge in [-0.1, -0.05) is 23.7 Å². The number of hydrogen-bond donors (Lipinski definition) is 1. The molecule has 0 aliphatic rings. The summed E-state index contributed by atoms with van der Waals surface area (Å²) in [4.78, 5) is 0. The molecule has 0 saturated carbocycles. The van der Waals surface area contributed by atoms with Gasteiger partial charge in [0.15, 0.2) is 5.76 Å². The first-order valence-electron chi connectivity index (χ1n) is 6.25. The zero-order valence-electron chi connectivity index (χ0n) is 10.8. The summed E-state index contributed by atoms with van der Waals surface area (Å²) in [5.74, 6) is 1.46. The van der Waals surface area contributed by atoms with E-state index in [-0.39, 0.29) is 6.04 Å². The topological polar surface area (TPSA) is 61.3 Å². The SMILES string of the molecule is CCC(N)Cc1cc(Cl)ccc1OCc1ccno1. The van der Waals surface area contributed by atoms with Crippen molar-refractivity contribution in [3.8, 4) is 5.75 Å². The fraction of sp³-hybridized carbons (Fsp3) is 0.357. The first-order chi connectivity index (χ1) is 9.19. The Bertz CT molecular complexity index is 514. The second-order valence-corrected chi connectivity index (χ2v) is 4.83. The molecular formula is C14H17ClN2O2. The van der Waals surface area contributed by atoms with Crippen molar-refractivity contribution in [3.05, 3.63) is 46.8 Å². The van der Waals surface area contributed by atoms with Gasteiger partial charge in [0.2, 0.25) is 0 Å². The van der Waals surface area contributed by atoms with Gasteiger partial charge >= 0.3 is 0 Å². The van der Waals surface area contributed by atoms with Crippen molar-refractivity contribution in [2.45, 2.75) is 32.4 Å². The van der Waals surface area contributed by atoms with E-state index in [4.69, 9.17) is 26.6 Å². The van der Waals surface area contributed by atoms with E-state index in [9.17, 15) is 0 Å². The second kappa shape index (κ2) is 6.59. The molecule has 0 spiro atoms. The highest BCUT2D eigenvalue weighted by Crippen LogP contribution is 2.25. The number of nitrogens with zero attached hydrogens (tertiary/aromatic N) is 1. The number of aromatic nitrogens is 1. The van der Waals surface area contributed by atoms with Crippen LogP contribution in [0.15, 0.2) is 35.0 Å². The van der Waals surface area contributed by atoms with E-state index in [1.807, 2.05) is 12.1 Å². The van der Waals surface area contributed by atoms with Crippen molar-refractivity contribution in [2.24, 2.45) is 5.73 Å². The molecule has 0 saturated heterocycles. The van der Waals surface area contributed by atoms with Crippen LogP contribution in [-0.4, -0.2) is 11.2 Å². The molecule has 2 rings (SSSR count). The van der Waals surface area contributed by atoms with Crippen molar-refractivity contribution in [1.82, 2.24) is 5.16 Å². The zero-order chi connectivity index (χ0) is 13.7. The normalized spacial score (nSPS) is 12.4. The Balaban J connectivity index is 2.09. The second-order valence-electron chi connectivity index (χ2n) is 4.39. The van der Waals surface area contributed by atoms with Crippen LogP contribution in [0, 0.1) is 0 Å². The third kappa shape index (κ3) is 3.98. The minimum Gasteiger partial charge on any atom is -0.485 e. The molecule has 0 radical (unpaired) electrons. The van der Waals surface area contributed by atoms with Crippen LogP contribution < -0.4 is 10.5 Å². The molecule has 1 aromatic heterocycles. The Kier molecular flexibility index (Phi) is 4.82. The number of rotatable bonds is 6. The van der Waals surface area contributed by atoms with E-state index in [1.54, 1.807) is 18.3 Å². The van der Waals surface area contributed by atoms with E-state index in [2.05, 4.69) is 12.1 Å². The van der Waals surface area contributed by atoms with Gasteiger partial charge in [-0.2, -0.15) is 0 Å². The summed E-state index contributed by atoms with van der Waals surface area (Å²) in [7, 11) is 0. The molecule has 102 valence electrons. The van der Waals surface area contributed by atoms with Gasteiger partial charge in [0.05, 0.1) is 6.20 Å². The van der Waals surface area contributed by atoms with E-state index in [0.29, 0.717) is 17.4 Å². The molecule has 19 heavy (non-hydrogen) atoms. The molecule has 1 unspecified atom stereocenters. The first-order valence-corrected chi connectivity index (χ1v) is 6.63. The molecular weight excluding hydrogens is 264 g/mol. The highest BCUT2D eigenvalue weighted by atomic mass is 35.5. The third-order valence-electron chi connectivity index (χ3n) is 2.89. The Morgan fingerprint density at radius 2 is 2.26 bits per heavy atom. The number of nitrogens with two attached hydrogens (primary N) is 1. The van der Waals surface area contributed by atoms with Crippen LogP contribution in [0.25, 0.3) is 0 Å². The van der Waals surface area contributed by atoms with Crippen LogP contribution in [0.3, 0.4) is 0 Å². The average Bonchev–Trinajstić information content (AvgIpc) is 2.91. The number of halogens is 1. The molecule has 5 heteroatoms. The lowest BCUT2D eigenvalue weighted by Crippen LogP contribution is -2.21. The van der Waals surface area contributed by atoms with Crippen molar-refractivity contribution in [2.75, 3.05) is 0 Å². The molecule has 0 fully saturated rings. The summed E-state index contributed by atoms with van der Waals surface area (Å²) in [6, 6.07) is 7.43. The fourth-order valence-corrected chi connectivity index (χ4v) is 1.94. The predicted molar refractivity (Wildman–Crippen MR) is 74.3 cm³/mol. The van der Waals surface area contributed by atoms with E-state index < -0.39 is 0 Å². The van der Waals surface area contributed by atoms with Crippen LogP contribution in [0.2, 0.25) is 5.02 Å². The molecule has 0 bridgehead atoms. The van der Waals surface area contributed by atoms with Gasteiger partial charge in [0.25, 0.3) is 0 Å². The van der Waals surface area contributed by atoms with Crippen molar-refractivity contribution in [3.63, 3.8) is 0 Å². The molecule has 2 aromatic rings. The van der Waals surface area contributed by atoms with Gasteiger partial charge in [-0.3, -0.25) is 0 Å². The van der Waals surface area contributed by atoms with Crippen LogP contribution in [0.1, 0.15) is 24.7 Å². The summed E-state index contributed by atoms with van der Waals surface area (Å²) in [5.41, 5.74) is 7.00. The molecule has 1 heterocycles. The average molecular weight is 281 g/mol. The van der Waals surface area contributed by atoms with Gasteiger partial charge in [0.1, 0.15) is 12.4 Å². The van der Waals surface area contributed by atoms with Crippen LogP contribution in [0.4, 0.5) is 0 Å². The zero-order valence-corrected chi connectivity index (χ0v) is 11.6. The van der Waals surface area contributed by atoms with Gasteiger partial charge in [-0.25, -0.2) is 0 Å². The minimum atomic E-state index is 0.103. The van der Waals surface area contributed by atoms with Crippen molar-refractivity contribution < 1.29 is 9.26 Å². The van der Waals surface area contributed by atoms with E-state index >= 15 is 0 Å². The molecule has 1 aromatic carbocycles. The monoisotopic (exact) mass is 280 g/mol.